The zero-order chi connectivity index (χ0) is 12.5. The number of nitrogens with zero attached hydrogens (tertiary/aromatic N) is 3. The average Bonchev–Trinajstić information content (AvgIpc) is 2.82. The van der Waals surface area contributed by atoms with E-state index >= 15 is 0 Å². The summed E-state index contributed by atoms with van der Waals surface area (Å²) in [6.07, 6.45) is 1.79. The summed E-state index contributed by atoms with van der Waals surface area (Å²) in [5.41, 5.74) is 1.71. The first-order chi connectivity index (χ1) is 8.76. The largest absolute Gasteiger partial charge is 0.495 e. The van der Waals surface area contributed by atoms with Gasteiger partial charge in [0.2, 0.25) is 0 Å². The Bertz CT molecular complexity index is 691. The van der Waals surface area contributed by atoms with Crippen LogP contribution in [0.25, 0.3) is 17.0 Å². The Morgan fingerprint density at radius 2 is 1.89 bits per heavy atom. The molecule has 3 aromatic rings. The second kappa shape index (κ2) is 4.31. The lowest BCUT2D eigenvalue weighted by Crippen LogP contribution is -1.90. The summed E-state index contributed by atoms with van der Waals surface area (Å²) in [6, 6.07) is 11.2. The van der Waals surface area contributed by atoms with Crippen molar-refractivity contribution in [3.8, 4) is 17.1 Å². The average molecular weight is 260 g/mol. The molecule has 18 heavy (non-hydrogen) atoms. The zero-order valence-corrected chi connectivity index (χ0v) is 10.4. The molecule has 0 unspecified atom stereocenters. The molecule has 0 aliphatic rings. The maximum atomic E-state index is 5.85. The predicted molar refractivity (Wildman–Crippen MR) is 70.0 cm³/mol. The van der Waals surface area contributed by atoms with E-state index in [2.05, 4.69) is 10.1 Å². The number of pyridine rings is 1. The Morgan fingerprint density at radius 1 is 1.11 bits per heavy atom. The first-order valence-electron chi connectivity index (χ1n) is 5.42. The van der Waals surface area contributed by atoms with Crippen molar-refractivity contribution in [2.75, 3.05) is 7.11 Å². The minimum absolute atomic E-state index is 0.667. The number of rotatable bonds is 2. The number of aromatic nitrogens is 3. The van der Waals surface area contributed by atoms with Gasteiger partial charge in [0, 0.05) is 10.6 Å². The lowest BCUT2D eigenvalue weighted by Gasteiger charge is -1.97. The Labute approximate surface area is 109 Å². The quantitative estimate of drug-likeness (QED) is 0.710. The summed E-state index contributed by atoms with van der Waals surface area (Å²) in [7, 11) is 1.62. The van der Waals surface area contributed by atoms with Crippen molar-refractivity contribution in [2.24, 2.45) is 0 Å². The number of halogens is 1. The van der Waals surface area contributed by atoms with Crippen LogP contribution < -0.4 is 4.74 Å². The number of benzene rings is 1. The molecule has 0 atom stereocenters. The van der Waals surface area contributed by atoms with Crippen LogP contribution in [0, 0.1) is 0 Å². The lowest BCUT2D eigenvalue weighted by atomic mass is 10.2. The third-order valence-corrected chi connectivity index (χ3v) is 2.89. The molecule has 5 heteroatoms. The summed E-state index contributed by atoms with van der Waals surface area (Å²) < 4.78 is 6.84. The van der Waals surface area contributed by atoms with Crippen molar-refractivity contribution in [1.82, 2.24) is 14.6 Å². The summed E-state index contributed by atoms with van der Waals surface area (Å²) in [4.78, 5) is 4.44. The van der Waals surface area contributed by atoms with Gasteiger partial charge < -0.3 is 4.74 Å². The van der Waals surface area contributed by atoms with Gasteiger partial charge in [0.1, 0.15) is 5.75 Å². The molecular formula is C13H10ClN3O. The number of hydrogen-bond acceptors (Lipinski definition) is 3. The van der Waals surface area contributed by atoms with Crippen LogP contribution in [0.4, 0.5) is 0 Å². The maximum absolute atomic E-state index is 5.85. The Balaban J connectivity index is 2.10. The molecule has 0 saturated heterocycles. The molecule has 2 heterocycles. The highest BCUT2D eigenvalue weighted by atomic mass is 35.5. The number of methoxy groups -OCH3 is 1. The van der Waals surface area contributed by atoms with Crippen molar-refractivity contribution < 1.29 is 4.74 Å². The van der Waals surface area contributed by atoms with Crippen molar-refractivity contribution in [3.63, 3.8) is 0 Å². The molecule has 1 aromatic carbocycles. The zero-order valence-electron chi connectivity index (χ0n) is 9.67. The molecule has 3 rings (SSSR count). The molecule has 4 nitrogen and oxygen atoms in total. The molecule has 0 spiro atoms. The van der Waals surface area contributed by atoms with Crippen LogP contribution in [0.1, 0.15) is 0 Å². The lowest BCUT2D eigenvalue weighted by molar-refractivity contribution is 0.411. The third-order valence-electron chi connectivity index (χ3n) is 2.64. The summed E-state index contributed by atoms with van der Waals surface area (Å²) in [6.45, 7) is 0. The van der Waals surface area contributed by atoms with Crippen molar-refractivity contribution in [2.45, 2.75) is 0 Å². The van der Waals surface area contributed by atoms with Gasteiger partial charge in [-0.15, -0.1) is 5.10 Å². The topological polar surface area (TPSA) is 39.4 Å². The van der Waals surface area contributed by atoms with Crippen molar-refractivity contribution in [1.29, 1.82) is 0 Å². The minimum atomic E-state index is 0.667. The molecule has 0 bridgehead atoms. The Kier molecular flexibility index (Phi) is 2.64. The van der Waals surface area contributed by atoms with E-state index in [1.54, 1.807) is 17.8 Å². The highest BCUT2D eigenvalue weighted by molar-refractivity contribution is 6.30. The predicted octanol–water partition coefficient (Wildman–Crippen LogP) is 3.06. The Morgan fingerprint density at radius 3 is 2.61 bits per heavy atom. The molecule has 0 N–H and O–H groups in total. The minimum Gasteiger partial charge on any atom is -0.495 e. The van der Waals surface area contributed by atoms with Gasteiger partial charge in [-0.3, -0.25) is 0 Å². The molecule has 0 aliphatic carbocycles. The normalized spacial score (nSPS) is 10.8. The van der Waals surface area contributed by atoms with Gasteiger partial charge in [-0.05, 0) is 36.4 Å². The molecule has 0 saturated carbocycles. The van der Waals surface area contributed by atoms with E-state index in [-0.39, 0.29) is 0 Å². The van der Waals surface area contributed by atoms with E-state index in [1.165, 1.54) is 0 Å². The fraction of sp³-hybridized carbons (Fsp3) is 0.0769. The third kappa shape index (κ3) is 1.91. The van der Waals surface area contributed by atoms with Gasteiger partial charge in [0.25, 0.3) is 0 Å². The van der Waals surface area contributed by atoms with Crippen LogP contribution in [-0.4, -0.2) is 21.7 Å². The van der Waals surface area contributed by atoms with Gasteiger partial charge in [-0.25, -0.2) is 9.50 Å². The van der Waals surface area contributed by atoms with E-state index in [1.807, 2.05) is 36.4 Å². The van der Waals surface area contributed by atoms with Crippen molar-refractivity contribution >= 4 is 17.2 Å². The first-order valence-corrected chi connectivity index (χ1v) is 5.80. The molecular weight excluding hydrogens is 250 g/mol. The summed E-state index contributed by atoms with van der Waals surface area (Å²) >= 11 is 5.85. The highest BCUT2D eigenvalue weighted by Crippen LogP contribution is 2.20. The van der Waals surface area contributed by atoms with E-state index in [9.17, 15) is 0 Å². The molecule has 2 aromatic heterocycles. The number of fused-ring (bicyclic) bond motifs is 1. The number of ether oxygens (including phenoxy) is 1. The van der Waals surface area contributed by atoms with E-state index in [0.717, 1.165) is 17.0 Å². The first kappa shape index (κ1) is 11.0. The van der Waals surface area contributed by atoms with Gasteiger partial charge in [0.05, 0.1) is 13.3 Å². The monoisotopic (exact) mass is 259 g/mol. The molecule has 90 valence electrons. The summed E-state index contributed by atoms with van der Waals surface area (Å²) in [5.74, 6) is 1.41. The Hall–Kier alpha value is -2.07. The van der Waals surface area contributed by atoms with Crippen LogP contribution in [0.3, 0.4) is 0 Å². The van der Waals surface area contributed by atoms with E-state index in [0.29, 0.717) is 10.8 Å². The SMILES string of the molecule is COc1ccc2nc(-c3ccc(Cl)cc3)nn2c1. The fourth-order valence-corrected chi connectivity index (χ4v) is 1.83. The van der Waals surface area contributed by atoms with Gasteiger partial charge >= 0.3 is 0 Å². The van der Waals surface area contributed by atoms with Crippen LogP contribution >= 0.6 is 11.6 Å². The smallest absolute Gasteiger partial charge is 0.182 e. The fourth-order valence-electron chi connectivity index (χ4n) is 1.71. The van der Waals surface area contributed by atoms with Gasteiger partial charge in [0.15, 0.2) is 11.5 Å². The standard InChI is InChI=1S/C13H10ClN3O/c1-18-11-6-7-12-15-13(16-17(12)8-11)9-2-4-10(14)5-3-9/h2-8H,1H3. The molecule has 0 amide bonds. The maximum Gasteiger partial charge on any atom is 0.182 e. The highest BCUT2D eigenvalue weighted by Gasteiger charge is 2.06. The van der Waals surface area contributed by atoms with E-state index in [4.69, 9.17) is 16.3 Å². The van der Waals surface area contributed by atoms with Gasteiger partial charge in [-0.2, -0.15) is 0 Å². The molecule has 0 radical (unpaired) electrons. The number of hydrogen-bond donors (Lipinski definition) is 0. The van der Waals surface area contributed by atoms with Crippen LogP contribution in [-0.2, 0) is 0 Å². The van der Waals surface area contributed by atoms with E-state index < -0.39 is 0 Å². The van der Waals surface area contributed by atoms with Crippen LogP contribution in [0.5, 0.6) is 5.75 Å². The second-order valence-electron chi connectivity index (χ2n) is 3.81. The van der Waals surface area contributed by atoms with Crippen molar-refractivity contribution in [3.05, 3.63) is 47.6 Å². The van der Waals surface area contributed by atoms with Gasteiger partial charge in [-0.1, -0.05) is 11.6 Å². The van der Waals surface area contributed by atoms with Crippen LogP contribution in [0.2, 0.25) is 5.02 Å². The molecule has 0 fully saturated rings. The second-order valence-corrected chi connectivity index (χ2v) is 4.25. The van der Waals surface area contributed by atoms with Crippen LogP contribution in [0.15, 0.2) is 42.6 Å². The summed E-state index contributed by atoms with van der Waals surface area (Å²) in [5, 5.41) is 5.10. The molecule has 0 aliphatic heterocycles.